The minimum absolute atomic E-state index is 0.00625. The summed E-state index contributed by atoms with van der Waals surface area (Å²) in [6, 6.07) is 5.50. The molecule has 0 saturated heterocycles. The zero-order valence-corrected chi connectivity index (χ0v) is 10.6. The van der Waals surface area contributed by atoms with Crippen LogP contribution in [0.4, 0.5) is 5.69 Å². The molecule has 96 valence electrons. The maximum absolute atomic E-state index is 12.3. The Morgan fingerprint density at radius 3 is 2.83 bits per heavy atom. The Bertz CT molecular complexity index is 467. The number of benzene rings is 1. The summed E-state index contributed by atoms with van der Waals surface area (Å²) in [5.41, 5.74) is 6.90. The number of carbonyl (C=O) groups excluding carboxylic acids is 1. The molecule has 1 aromatic rings. The van der Waals surface area contributed by atoms with Crippen LogP contribution in [0.25, 0.3) is 0 Å². The Balaban J connectivity index is 2.21. The topological polar surface area (TPSA) is 55.6 Å². The highest BCUT2D eigenvalue weighted by Crippen LogP contribution is 2.29. The average Bonchev–Trinajstić information content (AvgIpc) is 3.19. The van der Waals surface area contributed by atoms with Crippen LogP contribution in [0.3, 0.4) is 0 Å². The summed E-state index contributed by atoms with van der Waals surface area (Å²) in [4.78, 5) is 14.2. The standard InChI is InChI=1S/C14H18N2O2/c1-3-8-16(11-5-6-11)14(17)10-4-7-13(18-2)12(15)9-10/h3-4,7,9,11H,1,5-6,8,15H2,2H3. The Morgan fingerprint density at radius 1 is 1.61 bits per heavy atom. The number of nitrogens with two attached hydrogens (primary N) is 1. The second-order valence-corrected chi connectivity index (χ2v) is 4.43. The van der Waals surface area contributed by atoms with Crippen molar-refractivity contribution in [1.29, 1.82) is 0 Å². The Labute approximate surface area is 107 Å². The van der Waals surface area contributed by atoms with Crippen LogP contribution < -0.4 is 10.5 Å². The van der Waals surface area contributed by atoms with Gasteiger partial charge in [0.25, 0.3) is 5.91 Å². The quantitative estimate of drug-likeness (QED) is 0.639. The number of carbonyl (C=O) groups is 1. The Hall–Kier alpha value is -1.97. The van der Waals surface area contributed by atoms with Crippen molar-refractivity contribution in [2.75, 3.05) is 19.4 Å². The number of nitrogen functional groups attached to an aromatic ring is 1. The van der Waals surface area contributed by atoms with E-state index in [-0.39, 0.29) is 5.91 Å². The van der Waals surface area contributed by atoms with Gasteiger partial charge in [0.2, 0.25) is 0 Å². The van der Waals surface area contributed by atoms with Gasteiger partial charge in [-0.2, -0.15) is 0 Å². The predicted octanol–water partition coefficient (Wildman–Crippen LogP) is 2.07. The molecule has 1 aliphatic carbocycles. The van der Waals surface area contributed by atoms with Crippen molar-refractivity contribution < 1.29 is 9.53 Å². The summed E-state index contributed by atoms with van der Waals surface area (Å²) in [7, 11) is 1.56. The third-order valence-electron chi connectivity index (χ3n) is 3.05. The molecule has 1 aromatic carbocycles. The van der Waals surface area contributed by atoms with Gasteiger partial charge in [-0.25, -0.2) is 0 Å². The molecule has 1 aliphatic rings. The molecule has 18 heavy (non-hydrogen) atoms. The van der Waals surface area contributed by atoms with Crippen LogP contribution in [0.1, 0.15) is 23.2 Å². The van der Waals surface area contributed by atoms with E-state index in [0.717, 1.165) is 12.8 Å². The molecule has 0 aromatic heterocycles. The molecule has 0 spiro atoms. The number of methoxy groups -OCH3 is 1. The highest BCUT2D eigenvalue weighted by molar-refractivity contribution is 5.96. The van der Waals surface area contributed by atoms with E-state index in [0.29, 0.717) is 29.6 Å². The van der Waals surface area contributed by atoms with E-state index in [4.69, 9.17) is 10.5 Å². The van der Waals surface area contributed by atoms with E-state index in [2.05, 4.69) is 6.58 Å². The van der Waals surface area contributed by atoms with E-state index in [1.807, 2.05) is 4.90 Å². The van der Waals surface area contributed by atoms with E-state index in [1.165, 1.54) is 0 Å². The fraction of sp³-hybridized carbons (Fsp3) is 0.357. The number of hydrogen-bond donors (Lipinski definition) is 1. The first-order valence-corrected chi connectivity index (χ1v) is 6.02. The van der Waals surface area contributed by atoms with Crippen LogP contribution in [-0.2, 0) is 0 Å². The van der Waals surface area contributed by atoms with Crippen molar-refractivity contribution in [2.24, 2.45) is 0 Å². The normalized spacial score (nSPS) is 14.1. The van der Waals surface area contributed by atoms with Crippen molar-refractivity contribution in [1.82, 2.24) is 4.90 Å². The second-order valence-electron chi connectivity index (χ2n) is 4.43. The first-order chi connectivity index (χ1) is 8.67. The van der Waals surface area contributed by atoms with E-state index in [1.54, 1.807) is 31.4 Å². The molecule has 0 aliphatic heterocycles. The highest BCUT2D eigenvalue weighted by Gasteiger charge is 2.32. The summed E-state index contributed by atoms with van der Waals surface area (Å²) >= 11 is 0. The minimum Gasteiger partial charge on any atom is -0.495 e. The average molecular weight is 246 g/mol. The number of ether oxygens (including phenoxy) is 1. The summed E-state index contributed by atoms with van der Waals surface area (Å²) < 4.78 is 5.08. The molecule has 1 amide bonds. The molecule has 2 rings (SSSR count). The lowest BCUT2D eigenvalue weighted by atomic mass is 10.1. The number of anilines is 1. The van der Waals surface area contributed by atoms with Gasteiger partial charge in [0, 0.05) is 18.2 Å². The molecule has 2 N–H and O–H groups in total. The van der Waals surface area contributed by atoms with E-state index in [9.17, 15) is 4.79 Å². The third-order valence-corrected chi connectivity index (χ3v) is 3.05. The third kappa shape index (κ3) is 2.47. The zero-order valence-electron chi connectivity index (χ0n) is 10.6. The molecular weight excluding hydrogens is 228 g/mol. The van der Waals surface area contributed by atoms with Crippen molar-refractivity contribution in [3.8, 4) is 5.75 Å². The predicted molar refractivity (Wildman–Crippen MR) is 71.7 cm³/mol. The van der Waals surface area contributed by atoms with Gasteiger partial charge >= 0.3 is 0 Å². The second kappa shape index (κ2) is 5.12. The SMILES string of the molecule is C=CCN(C(=O)c1ccc(OC)c(N)c1)C1CC1. The van der Waals surface area contributed by atoms with Crippen molar-refractivity contribution >= 4 is 11.6 Å². The Morgan fingerprint density at radius 2 is 2.33 bits per heavy atom. The van der Waals surface area contributed by atoms with Crippen LogP contribution >= 0.6 is 0 Å². The van der Waals surface area contributed by atoms with Gasteiger partial charge in [0.1, 0.15) is 5.75 Å². The van der Waals surface area contributed by atoms with Crippen LogP contribution in [0, 0.1) is 0 Å². The molecule has 0 radical (unpaired) electrons. The van der Waals surface area contributed by atoms with E-state index < -0.39 is 0 Å². The van der Waals surface area contributed by atoms with Gasteiger partial charge in [0.05, 0.1) is 12.8 Å². The summed E-state index contributed by atoms with van der Waals surface area (Å²) in [6.45, 7) is 4.27. The number of hydrogen-bond acceptors (Lipinski definition) is 3. The van der Waals surface area contributed by atoms with Crippen molar-refractivity contribution in [3.63, 3.8) is 0 Å². The van der Waals surface area contributed by atoms with Crippen LogP contribution in [-0.4, -0.2) is 30.5 Å². The van der Waals surface area contributed by atoms with Crippen LogP contribution in [0.15, 0.2) is 30.9 Å². The van der Waals surface area contributed by atoms with Gasteiger partial charge in [-0.1, -0.05) is 6.08 Å². The minimum atomic E-state index is 0.00625. The van der Waals surface area contributed by atoms with Gasteiger partial charge in [0.15, 0.2) is 0 Å². The van der Waals surface area contributed by atoms with E-state index >= 15 is 0 Å². The molecule has 0 unspecified atom stereocenters. The van der Waals surface area contributed by atoms with Gasteiger partial charge in [-0.3, -0.25) is 4.79 Å². The maximum atomic E-state index is 12.3. The number of rotatable bonds is 5. The first kappa shape index (κ1) is 12.5. The molecule has 4 heteroatoms. The summed E-state index contributed by atoms with van der Waals surface area (Å²) in [5.74, 6) is 0.597. The molecule has 0 atom stereocenters. The van der Waals surface area contributed by atoms with Crippen LogP contribution in [0.5, 0.6) is 5.75 Å². The van der Waals surface area contributed by atoms with Gasteiger partial charge in [-0.05, 0) is 31.0 Å². The summed E-state index contributed by atoms with van der Waals surface area (Å²) in [6.07, 6.45) is 3.90. The fourth-order valence-electron chi connectivity index (χ4n) is 1.96. The maximum Gasteiger partial charge on any atom is 0.254 e. The molecular formula is C14H18N2O2. The van der Waals surface area contributed by atoms with Crippen molar-refractivity contribution in [3.05, 3.63) is 36.4 Å². The van der Waals surface area contributed by atoms with Crippen molar-refractivity contribution in [2.45, 2.75) is 18.9 Å². The lowest BCUT2D eigenvalue weighted by Crippen LogP contribution is -2.33. The molecule has 4 nitrogen and oxygen atoms in total. The van der Waals surface area contributed by atoms with Gasteiger partial charge in [-0.15, -0.1) is 6.58 Å². The lowest BCUT2D eigenvalue weighted by molar-refractivity contribution is 0.0762. The molecule has 0 heterocycles. The van der Waals surface area contributed by atoms with Gasteiger partial charge < -0.3 is 15.4 Å². The lowest BCUT2D eigenvalue weighted by Gasteiger charge is -2.21. The zero-order chi connectivity index (χ0) is 13.1. The highest BCUT2D eigenvalue weighted by atomic mass is 16.5. The van der Waals surface area contributed by atoms with Crippen LogP contribution in [0.2, 0.25) is 0 Å². The monoisotopic (exact) mass is 246 g/mol. The molecule has 1 fully saturated rings. The smallest absolute Gasteiger partial charge is 0.254 e. The summed E-state index contributed by atoms with van der Waals surface area (Å²) in [5, 5.41) is 0. The molecule has 0 bridgehead atoms. The number of nitrogens with zero attached hydrogens (tertiary/aromatic N) is 1. The molecule has 1 saturated carbocycles. The fourth-order valence-corrected chi connectivity index (χ4v) is 1.96. The Kier molecular flexibility index (Phi) is 3.55. The first-order valence-electron chi connectivity index (χ1n) is 6.02. The largest absolute Gasteiger partial charge is 0.495 e. The number of amides is 1.